The standard InChI is InChI=1S/C23H31ClN6S/c1-16-11-17(2)15-30(14-16)21-12-20(29-9-3-4-10-29)26-22(27-21)28-23(31)25-13-18-5-7-19(24)8-6-18/h5-8,12,16-17H,3-4,9-11,13-15H2,1-2H3,(H2,25,26,27,28,31). The summed E-state index contributed by atoms with van der Waals surface area (Å²) in [7, 11) is 0. The van der Waals surface area contributed by atoms with Crippen LogP contribution in [0.3, 0.4) is 0 Å². The van der Waals surface area contributed by atoms with Gasteiger partial charge in [-0.05, 0) is 61.0 Å². The van der Waals surface area contributed by atoms with Gasteiger partial charge in [-0.15, -0.1) is 0 Å². The van der Waals surface area contributed by atoms with E-state index >= 15 is 0 Å². The van der Waals surface area contributed by atoms with Gasteiger partial charge in [0.05, 0.1) is 0 Å². The molecule has 1 aromatic heterocycles. The van der Waals surface area contributed by atoms with Crippen molar-refractivity contribution in [2.24, 2.45) is 11.8 Å². The van der Waals surface area contributed by atoms with Crippen molar-refractivity contribution < 1.29 is 0 Å². The van der Waals surface area contributed by atoms with Gasteiger partial charge in [0, 0.05) is 43.8 Å². The van der Waals surface area contributed by atoms with Crippen LogP contribution >= 0.6 is 23.8 Å². The highest BCUT2D eigenvalue weighted by molar-refractivity contribution is 7.80. The van der Waals surface area contributed by atoms with Gasteiger partial charge in [0.2, 0.25) is 5.95 Å². The van der Waals surface area contributed by atoms with E-state index in [1.165, 1.54) is 19.3 Å². The summed E-state index contributed by atoms with van der Waals surface area (Å²) in [5.74, 6) is 3.84. The van der Waals surface area contributed by atoms with Crippen LogP contribution in [0.2, 0.25) is 5.02 Å². The van der Waals surface area contributed by atoms with Gasteiger partial charge in [-0.2, -0.15) is 9.97 Å². The summed E-state index contributed by atoms with van der Waals surface area (Å²) in [6, 6.07) is 9.87. The smallest absolute Gasteiger partial charge is 0.232 e. The maximum Gasteiger partial charge on any atom is 0.232 e. The molecule has 8 heteroatoms. The van der Waals surface area contributed by atoms with Gasteiger partial charge in [-0.3, -0.25) is 0 Å². The highest BCUT2D eigenvalue weighted by Gasteiger charge is 2.25. The van der Waals surface area contributed by atoms with E-state index in [0.29, 0.717) is 29.4 Å². The van der Waals surface area contributed by atoms with Crippen LogP contribution in [-0.2, 0) is 6.54 Å². The number of anilines is 3. The summed E-state index contributed by atoms with van der Waals surface area (Å²) in [5, 5.41) is 7.69. The average Bonchev–Trinajstić information content (AvgIpc) is 3.27. The first-order valence-corrected chi connectivity index (χ1v) is 11.9. The van der Waals surface area contributed by atoms with E-state index in [-0.39, 0.29) is 0 Å². The number of benzene rings is 1. The molecule has 2 N–H and O–H groups in total. The second kappa shape index (κ2) is 10.0. The maximum atomic E-state index is 5.96. The van der Waals surface area contributed by atoms with Crippen LogP contribution in [0.25, 0.3) is 0 Å². The number of nitrogens with zero attached hydrogens (tertiary/aromatic N) is 4. The molecule has 0 bridgehead atoms. The summed E-state index contributed by atoms with van der Waals surface area (Å²) in [6.45, 7) is 9.39. The third kappa shape index (κ3) is 5.98. The SMILES string of the molecule is CC1CC(C)CN(c2cc(N3CCCC3)nc(NC(=S)NCc3ccc(Cl)cc3)n2)C1. The van der Waals surface area contributed by atoms with E-state index in [1.54, 1.807) is 0 Å². The van der Waals surface area contributed by atoms with Gasteiger partial charge in [-0.1, -0.05) is 37.6 Å². The predicted octanol–water partition coefficient (Wildman–Crippen LogP) is 4.70. The van der Waals surface area contributed by atoms with Crippen molar-refractivity contribution in [2.45, 2.75) is 39.7 Å². The molecule has 4 rings (SSSR count). The number of rotatable bonds is 5. The Morgan fingerprint density at radius 3 is 2.29 bits per heavy atom. The van der Waals surface area contributed by atoms with Crippen LogP contribution in [0.5, 0.6) is 0 Å². The fourth-order valence-electron chi connectivity index (χ4n) is 4.53. The number of hydrogen-bond donors (Lipinski definition) is 2. The summed E-state index contributed by atoms with van der Waals surface area (Å²) in [5.41, 5.74) is 1.11. The summed E-state index contributed by atoms with van der Waals surface area (Å²) in [4.78, 5) is 14.4. The van der Waals surface area contributed by atoms with Crippen LogP contribution in [-0.4, -0.2) is 41.3 Å². The molecule has 2 atom stereocenters. The minimum atomic E-state index is 0.514. The molecule has 31 heavy (non-hydrogen) atoms. The van der Waals surface area contributed by atoms with Crippen molar-refractivity contribution in [3.63, 3.8) is 0 Å². The first-order chi connectivity index (χ1) is 15.0. The predicted molar refractivity (Wildman–Crippen MR) is 133 cm³/mol. The maximum absolute atomic E-state index is 5.96. The number of hydrogen-bond acceptors (Lipinski definition) is 5. The van der Waals surface area contributed by atoms with Crippen molar-refractivity contribution in [1.82, 2.24) is 15.3 Å². The zero-order chi connectivity index (χ0) is 21.8. The first-order valence-electron chi connectivity index (χ1n) is 11.1. The molecule has 0 aliphatic carbocycles. The summed E-state index contributed by atoms with van der Waals surface area (Å²) < 4.78 is 0. The lowest BCUT2D eigenvalue weighted by Gasteiger charge is -2.36. The Kier molecular flexibility index (Phi) is 7.13. The van der Waals surface area contributed by atoms with Crippen LogP contribution < -0.4 is 20.4 Å². The van der Waals surface area contributed by atoms with Crippen LogP contribution in [0.1, 0.15) is 38.7 Å². The van der Waals surface area contributed by atoms with Crippen molar-refractivity contribution in [3.05, 3.63) is 40.9 Å². The highest BCUT2D eigenvalue weighted by Crippen LogP contribution is 2.29. The lowest BCUT2D eigenvalue weighted by Crippen LogP contribution is -2.39. The molecular weight excluding hydrogens is 428 g/mol. The molecule has 2 aliphatic rings. The largest absolute Gasteiger partial charge is 0.358 e. The first kappa shape index (κ1) is 22.1. The number of halogens is 1. The van der Waals surface area contributed by atoms with Gasteiger partial charge >= 0.3 is 0 Å². The average molecular weight is 459 g/mol. The fourth-order valence-corrected chi connectivity index (χ4v) is 4.82. The Balaban J connectivity index is 1.49. The molecule has 6 nitrogen and oxygen atoms in total. The summed E-state index contributed by atoms with van der Waals surface area (Å²) in [6.07, 6.45) is 3.69. The third-order valence-electron chi connectivity index (χ3n) is 5.91. The molecule has 1 aromatic carbocycles. The number of piperidine rings is 1. The molecule has 166 valence electrons. The number of thiocarbonyl (C=S) groups is 1. The molecule has 2 fully saturated rings. The second-order valence-corrected chi connectivity index (χ2v) is 9.73. The molecule has 2 unspecified atom stereocenters. The molecule has 0 radical (unpaired) electrons. The van der Waals surface area contributed by atoms with E-state index in [0.717, 1.165) is 48.4 Å². The van der Waals surface area contributed by atoms with E-state index in [4.69, 9.17) is 33.8 Å². The van der Waals surface area contributed by atoms with Gasteiger partial charge < -0.3 is 20.4 Å². The lowest BCUT2D eigenvalue weighted by molar-refractivity contribution is 0.355. The van der Waals surface area contributed by atoms with Gasteiger partial charge in [0.15, 0.2) is 5.11 Å². The van der Waals surface area contributed by atoms with Crippen molar-refractivity contribution >= 4 is 46.5 Å². The van der Waals surface area contributed by atoms with Gasteiger partial charge in [-0.25, -0.2) is 0 Å². The Morgan fingerprint density at radius 2 is 1.65 bits per heavy atom. The molecule has 2 aliphatic heterocycles. The second-order valence-electron chi connectivity index (χ2n) is 8.89. The number of aromatic nitrogens is 2. The minimum Gasteiger partial charge on any atom is -0.358 e. The molecule has 2 aromatic rings. The normalized spacial score (nSPS) is 21.3. The van der Waals surface area contributed by atoms with Gasteiger partial charge in [0.1, 0.15) is 11.6 Å². The zero-order valence-corrected chi connectivity index (χ0v) is 19.8. The van der Waals surface area contributed by atoms with Crippen molar-refractivity contribution in [3.8, 4) is 0 Å². The lowest BCUT2D eigenvalue weighted by atomic mass is 9.92. The van der Waals surface area contributed by atoms with Crippen molar-refractivity contribution in [1.29, 1.82) is 0 Å². The highest BCUT2D eigenvalue weighted by atomic mass is 35.5. The Labute approximate surface area is 195 Å². The van der Waals surface area contributed by atoms with Crippen LogP contribution in [0.15, 0.2) is 30.3 Å². The Hall–Kier alpha value is -2.12. The number of nitrogens with one attached hydrogen (secondary N) is 2. The fraction of sp³-hybridized carbons (Fsp3) is 0.522. The topological polar surface area (TPSA) is 56.3 Å². The molecule has 3 heterocycles. The van der Waals surface area contributed by atoms with E-state index in [2.05, 4.69) is 40.3 Å². The minimum absolute atomic E-state index is 0.514. The molecule has 0 spiro atoms. The van der Waals surface area contributed by atoms with Crippen LogP contribution in [0.4, 0.5) is 17.6 Å². The molecule has 2 saturated heterocycles. The van der Waals surface area contributed by atoms with E-state index < -0.39 is 0 Å². The monoisotopic (exact) mass is 458 g/mol. The van der Waals surface area contributed by atoms with Crippen LogP contribution in [0, 0.1) is 11.8 Å². The quantitative estimate of drug-likeness (QED) is 0.630. The third-order valence-corrected chi connectivity index (χ3v) is 6.41. The van der Waals surface area contributed by atoms with Gasteiger partial charge in [0.25, 0.3) is 0 Å². The van der Waals surface area contributed by atoms with E-state index in [9.17, 15) is 0 Å². The molecule has 0 amide bonds. The van der Waals surface area contributed by atoms with E-state index in [1.807, 2.05) is 24.3 Å². The molecular formula is C23H31ClN6S. The zero-order valence-electron chi connectivity index (χ0n) is 18.3. The molecule has 0 saturated carbocycles. The summed E-state index contributed by atoms with van der Waals surface area (Å²) >= 11 is 11.5. The Bertz CT molecular complexity index is 889. The Morgan fingerprint density at radius 1 is 1.03 bits per heavy atom. The van der Waals surface area contributed by atoms with Crippen molar-refractivity contribution in [2.75, 3.05) is 41.3 Å².